The van der Waals surface area contributed by atoms with E-state index in [2.05, 4.69) is 15.4 Å². The third kappa shape index (κ3) is 3.38. The van der Waals surface area contributed by atoms with E-state index < -0.39 is 24.3 Å². The number of carbonyl (C=O) groups is 1. The number of nitrogens with zero attached hydrogens (tertiary/aromatic N) is 4. The van der Waals surface area contributed by atoms with Crippen molar-refractivity contribution in [3.63, 3.8) is 0 Å². The van der Waals surface area contributed by atoms with E-state index >= 15 is 0 Å². The molecule has 0 aromatic carbocycles. The van der Waals surface area contributed by atoms with Crippen LogP contribution in [0.1, 0.15) is 19.3 Å². The summed E-state index contributed by atoms with van der Waals surface area (Å²) in [6.45, 7) is -0.199. The van der Waals surface area contributed by atoms with E-state index in [0.717, 1.165) is 12.8 Å². The first-order valence-corrected chi connectivity index (χ1v) is 8.89. The van der Waals surface area contributed by atoms with Gasteiger partial charge < -0.3 is 10.2 Å². The van der Waals surface area contributed by atoms with Crippen molar-refractivity contribution in [2.75, 3.05) is 18.0 Å². The number of rotatable bonds is 4. The van der Waals surface area contributed by atoms with Gasteiger partial charge in [0, 0.05) is 25.0 Å². The molecule has 1 saturated carbocycles. The van der Waals surface area contributed by atoms with Crippen LogP contribution >= 0.6 is 11.6 Å². The first-order chi connectivity index (χ1) is 12.4. The van der Waals surface area contributed by atoms with E-state index in [-0.39, 0.29) is 12.5 Å². The maximum atomic E-state index is 14.7. The number of pyridine rings is 1. The number of anilines is 1. The summed E-state index contributed by atoms with van der Waals surface area (Å²) in [7, 11) is 0. The molecular formula is C17H18ClF2N5O. The number of carbonyl (C=O) groups excluding carboxylic acids is 1. The molecule has 1 amide bonds. The van der Waals surface area contributed by atoms with Crippen LogP contribution in [0, 0.1) is 5.92 Å². The molecule has 2 aromatic heterocycles. The third-order valence-electron chi connectivity index (χ3n) is 4.76. The van der Waals surface area contributed by atoms with Crippen molar-refractivity contribution in [2.24, 2.45) is 5.92 Å². The van der Waals surface area contributed by atoms with Crippen LogP contribution in [0.25, 0.3) is 5.69 Å². The minimum Gasteiger partial charge on any atom is -0.362 e. The van der Waals surface area contributed by atoms with Crippen molar-refractivity contribution in [3.8, 4) is 5.69 Å². The summed E-state index contributed by atoms with van der Waals surface area (Å²) in [5.41, 5.74) is 1.15. The number of aromatic nitrogens is 3. The molecular weight excluding hydrogens is 364 g/mol. The Kier molecular flexibility index (Phi) is 4.30. The fourth-order valence-corrected chi connectivity index (χ4v) is 3.38. The lowest BCUT2D eigenvalue weighted by atomic mass is 9.91. The zero-order valence-corrected chi connectivity index (χ0v) is 14.7. The van der Waals surface area contributed by atoms with E-state index in [1.165, 1.54) is 17.1 Å². The maximum absolute atomic E-state index is 14.7. The van der Waals surface area contributed by atoms with Gasteiger partial charge >= 0.3 is 0 Å². The average molecular weight is 382 g/mol. The molecule has 2 fully saturated rings. The average Bonchev–Trinajstić information content (AvgIpc) is 3.31. The maximum Gasteiger partial charge on any atom is 0.276 e. The predicted molar refractivity (Wildman–Crippen MR) is 92.8 cm³/mol. The van der Waals surface area contributed by atoms with Crippen LogP contribution in [0.3, 0.4) is 0 Å². The zero-order chi connectivity index (χ0) is 18.3. The number of piperidine rings is 1. The van der Waals surface area contributed by atoms with Crippen LogP contribution < -0.4 is 10.2 Å². The molecule has 0 spiro atoms. The standard InChI is InChI=1S/C17H18ClF2N5O/c18-11-7-22-25(9-11)14-3-5-21-8-15(14)24-6-4-13(17(19,20)10-24)16(26)23-12-1-2-12/h3,5,7-9,12-13H,1-2,4,6,10H2,(H,23,26)/t13-/m0/s1. The first-order valence-electron chi connectivity index (χ1n) is 8.52. The van der Waals surface area contributed by atoms with E-state index in [4.69, 9.17) is 11.6 Å². The summed E-state index contributed by atoms with van der Waals surface area (Å²) in [6, 6.07) is 1.77. The van der Waals surface area contributed by atoms with Crippen molar-refractivity contribution in [1.29, 1.82) is 0 Å². The molecule has 26 heavy (non-hydrogen) atoms. The molecule has 1 saturated heterocycles. The highest BCUT2D eigenvalue weighted by molar-refractivity contribution is 6.30. The summed E-state index contributed by atoms with van der Waals surface area (Å²) < 4.78 is 30.9. The van der Waals surface area contributed by atoms with Gasteiger partial charge in [0.25, 0.3) is 5.92 Å². The molecule has 1 aliphatic carbocycles. The van der Waals surface area contributed by atoms with Gasteiger partial charge in [-0.25, -0.2) is 13.5 Å². The van der Waals surface area contributed by atoms with Gasteiger partial charge in [-0.1, -0.05) is 11.6 Å². The Hall–Kier alpha value is -2.22. The summed E-state index contributed by atoms with van der Waals surface area (Å²) in [6.07, 6.45) is 8.03. The number of hydrogen-bond donors (Lipinski definition) is 1. The van der Waals surface area contributed by atoms with Crippen LogP contribution in [0.5, 0.6) is 0 Å². The highest BCUT2D eigenvalue weighted by Crippen LogP contribution is 2.37. The number of halogens is 3. The lowest BCUT2D eigenvalue weighted by molar-refractivity contribution is -0.141. The van der Waals surface area contributed by atoms with Crippen LogP contribution in [-0.2, 0) is 4.79 Å². The minimum absolute atomic E-state index is 0.0748. The monoisotopic (exact) mass is 381 g/mol. The van der Waals surface area contributed by atoms with Gasteiger partial charge in [0.1, 0.15) is 5.92 Å². The predicted octanol–water partition coefficient (Wildman–Crippen LogP) is 2.66. The van der Waals surface area contributed by atoms with E-state index in [1.807, 2.05) is 0 Å². The SMILES string of the molecule is O=C(NC1CC1)[C@@H]1CCN(c2cnccc2-n2cc(Cl)cn2)CC1(F)F. The molecule has 2 aromatic rings. The summed E-state index contributed by atoms with van der Waals surface area (Å²) in [4.78, 5) is 17.8. The third-order valence-corrected chi connectivity index (χ3v) is 4.95. The first kappa shape index (κ1) is 17.2. The van der Waals surface area contributed by atoms with Crippen molar-refractivity contribution in [2.45, 2.75) is 31.2 Å². The quantitative estimate of drug-likeness (QED) is 0.884. The van der Waals surface area contributed by atoms with Gasteiger partial charge in [-0.2, -0.15) is 5.10 Å². The smallest absolute Gasteiger partial charge is 0.276 e. The fraction of sp³-hybridized carbons (Fsp3) is 0.471. The fourth-order valence-electron chi connectivity index (χ4n) is 3.25. The molecule has 138 valence electrons. The van der Waals surface area contributed by atoms with Gasteiger partial charge in [-0.15, -0.1) is 0 Å². The Morgan fingerprint density at radius 3 is 2.73 bits per heavy atom. The highest BCUT2D eigenvalue weighted by Gasteiger charge is 2.49. The number of amides is 1. The Bertz CT molecular complexity index is 823. The van der Waals surface area contributed by atoms with E-state index in [9.17, 15) is 13.6 Å². The number of nitrogens with one attached hydrogen (secondary N) is 1. The number of hydrogen-bond acceptors (Lipinski definition) is 4. The Morgan fingerprint density at radius 1 is 1.27 bits per heavy atom. The lowest BCUT2D eigenvalue weighted by Crippen LogP contribution is -2.54. The second-order valence-corrected chi connectivity index (χ2v) is 7.21. The molecule has 1 N–H and O–H groups in total. The van der Waals surface area contributed by atoms with Crippen molar-refractivity contribution in [3.05, 3.63) is 35.9 Å². The number of alkyl halides is 2. The van der Waals surface area contributed by atoms with Crippen molar-refractivity contribution in [1.82, 2.24) is 20.1 Å². The van der Waals surface area contributed by atoms with Crippen LogP contribution in [0.2, 0.25) is 5.02 Å². The molecule has 3 heterocycles. The van der Waals surface area contributed by atoms with Crippen LogP contribution in [0.15, 0.2) is 30.9 Å². The molecule has 0 unspecified atom stereocenters. The highest BCUT2D eigenvalue weighted by atomic mass is 35.5. The Balaban J connectivity index is 1.56. The second-order valence-electron chi connectivity index (χ2n) is 6.77. The Morgan fingerprint density at radius 2 is 2.08 bits per heavy atom. The molecule has 1 atom stereocenters. The van der Waals surface area contributed by atoms with E-state index in [1.54, 1.807) is 23.4 Å². The molecule has 6 nitrogen and oxygen atoms in total. The largest absolute Gasteiger partial charge is 0.362 e. The normalized spacial score (nSPS) is 22.3. The molecule has 0 bridgehead atoms. The van der Waals surface area contributed by atoms with Crippen LogP contribution in [-0.4, -0.2) is 45.7 Å². The van der Waals surface area contributed by atoms with Crippen molar-refractivity contribution >= 4 is 23.2 Å². The summed E-state index contributed by atoms with van der Waals surface area (Å²) in [5.74, 6) is -4.95. The summed E-state index contributed by atoms with van der Waals surface area (Å²) >= 11 is 5.92. The molecule has 2 aliphatic rings. The van der Waals surface area contributed by atoms with Gasteiger partial charge in [-0.3, -0.25) is 9.78 Å². The van der Waals surface area contributed by atoms with Gasteiger partial charge in [0.05, 0.1) is 35.3 Å². The topological polar surface area (TPSA) is 63.1 Å². The van der Waals surface area contributed by atoms with Crippen LogP contribution in [0.4, 0.5) is 14.5 Å². The molecule has 1 aliphatic heterocycles. The molecule has 4 rings (SSSR count). The molecule has 9 heteroatoms. The second kappa shape index (κ2) is 6.50. The van der Waals surface area contributed by atoms with Crippen molar-refractivity contribution < 1.29 is 13.6 Å². The van der Waals surface area contributed by atoms with Gasteiger partial charge in [0.15, 0.2) is 0 Å². The minimum atomic E-state index is -3.12. The lowest BCUT2D eigenvalue weighted by Gasteiger charge is -2.39. The van der Waals surface area contributed by atoms with Gasteiger partial charge in [0.2, 0.25) is 5.91 Å². The summed E-state index contributed by atoms with van der Waals surface area (Å²) in [5, 5.41) is 7.29. The van der Waals surface area contributed by atoms with E-state index in [0.29, 0.717) is 22.9 Å². The zero-order valence-electron chi connectivity index (χ0n) is 13.9. The Labute approximate surface area is 154 Å². The van der Waals surface area contributed by atoms with Gasteiger partial charge in [-0.05, 0) is 25.3 Å². The molecule has 0 radical (unpaired) electrons.